The molecule has 3 nitrogen and oxygen atoms in total. The maximum absolute atomic E-state index is 9.94. The van der Waals surface area contributed by atoms with E-state index >= 15 is 0 Å². The smallest absolute Gasteiger partial charge is 0.0761 e. The van der Waals surface area contributed by atoms with Crippen LogP contribution in [0.15, 0.2) is 12.2 Å². The van der Waals surface area contributed by atoms with Crippen LogP contribution >= 0.6 is 0 Å². The van der Waals surface area contributed by atoms with E-state index in [-0.39, 0.29) is 11.6 Å². The Morgan fingerprint density at radius 1 is 1.77 bits per heavy atom. The maximum Gasteiger partial charge on any atom is 0.0761 e. The van der Waals surface area contributed by atoms with E-state index in [0.29, 0.717) is 6.61 Å². The van der Waals surface area contributed by atoms with Crippen molar-refractivity contribution in [3.8, 4) is 0 Å². The molecular formula is C10H17NO2. The minimum atomic E-state index is -0.244. The lowest BCUT2D eigenvalue weighted by Gasteiger charge is -2.33. The number of methoxy groups -OCH3 is 1. The van der Waals surface area contributed by atoms with E-state index in [2.05, 4.69) is 11.5 Å². The van der Waals surface area contributed by atoms with Crippen LogP contribution in [0.3, 0.4) is 0 Å². The van der Waals surface area contributed by atoms with Crippen LogP contribution in [0, 0.1) is 0 Å². The minimum Gasteiger partial charge on any atom is -0.391 e. The van der Waals surface area contributed by atoms with Gasteiger partial charge < -0.3 is 9.84 Å². The van der Waals surface area contributed by atoms with Gasteiger partial charge in [0, 0.05) is 20.2 Å². The van der Waals surface area contributed by atoms with Crippen molar-refractivity contribution in [3.05, 3.63) is 12.2 Å². The molecule has 0 unspecified atom stereocenters. The number of rotatable bonds is 2. The van der Waals surface area contributed by atoms with Gasteiger partial charge in [0.25, 0.3) is 0 Å². The van der Waals surface area contributed by atoms with Gasteiger partial charge in [-0.1, -0.05) is 12.2 Å². The van der Waals surface area contributed by atoms with E-state index in [1.807, 2.05) is 0 Å². The first-order valence-corrected chi connectivity index (χ1v) is 4.78. The summed E-state index contributed by atoms with van der Waals surface area (Å²) in [5, 5.41) is 9.94. The van der Waals surface area contributed by atoms with E-state index in [4.69, 9.17) is 4.74 Å². The van der Waals surface area contributed by atoms with E-state index in [9.17, 15) is 5.11 Å². The number of nitrogens with zero attached hydrogens (tertiary/aromatic N) is 1. The maximum atomic E-state index is 9.94. The van der Waals surface area contributed by atoms with Crippen LogP contribution in [0.25, 0.3) is 0 Å². The first-order chi connectivity index (χ1) is 6.19. The first kappa shape index (κ1) is 9.19. The molecule has 0 bridgehead atoms. The van der Waals surface area contributed by atoms with Crippen LogP contribution in [0.5, 0.6) is 0 Å². The lowest BCUT2D eigenvalue weighted by molar-refractivity contribution is -0.00715. The summed E-state index contributed by atoms with van der Waals surface area (Å²) in [7, 11) is 1.69. The zero-order valence-electron chi connectivity index (χ0n) is 8.12. The predicted molar refractivity (Wildman–Crippen MR) is 50.6 cm³/mol. The summed E-state index contributed by atoms with van der Waals surface area (Å²) in [5.74, 6) is 0. The molecule has 2 saturated heterocycles. The Labute approximate surface area is 79.0 Å². The lowest BCUT2D eigenvalue weighted by Crippen LogP contribution is -2.49. The van der Waals surface area contributed by atoms with Crippen LogP contribution < -0.4 is 0 Å². The van der Waals surface area contributed by atoms with Crippen LogP contribution in [-0.4, -0.2) is 48.5 Å². The SMILES string of the molecule is C=C1CN2CC[C@@H](O)[C@@]2(COC)C1. The predicted octanol–water partition coefficient (Wildman–Crippen LogP) is 0.398. The summed E-state index contributed by atoms with van der Waals surface area (Å²) in [5.41, 5.74) is 1.07. The van der Waals surface area contributed by atoms with Crippen molar-refractivity contribution in [2.24, 2.45) is 0 Å². The van der Waals surface area contributed by atoms with Gasteiger partial charge in [0.1, 0.15) is 0 Å². The molecule has 0 saturated carbocycles. The molecule has 0 aromatic carbocycles. The minimum absolute atomic E-state index is 0.147. The molecule has 2 rings (SSSR count). The Hall–Kier alpha value is -0.380. The molecule has 3 heteroatoms. The zero-order valence-corrected chi connectivity index (χ0v) is 8.12. The Bertz CT molecular complexity index is 229. The normalized spacial score (nSPS) is 39.8. The molecule has 2 atom stereocenters. The van der Waals surface area contributed by atoms with Gasteiger partial charge in [0.2, 0.25) is 0 Å². The molecule has 0 aliphatic carbocycles. The quantitative estimate of drug-likeness (QED) is 0.629. The number of fused-ring (bicyclic) bond motifs is 1. The fourth-order valence-corrected chi connectivity index (χ4v) is 2.69. The molecule has 0 spiro atoms. The zero-order chi connectivity index (χ0) is 9.47. The number of hydrogen-bond acceptors (Lipinski definition) is 3. The molecule has 0 aromatic heterocycles. The van der Waals surface area contributed by atoms with E-state index in [1.54, 1.807) is 7.11 Å². The molecule has 13 heavy (non-hydrogen) atoms. The highest BCUT2D eigenvalue weighted by molar-refractivity contribution is 5.20. The Morgan fingerprint density at radius 2 is 2.54 bits per heavy atom. The second-order valence-corrected chi connectivity index (χ2v) is 4.19. The van der Waals surface area contributed by atoms with Gasteiger partial charge in [-0.15, -0.1) is 0 Å². The average molecular weight is 183 g/mol. The average Bonchev–Trinajstić information content (AvgIpc) is 2.51. The highest BCUT2D eigenvalue weighted by atomic mass is 16.5. The second kappa shape index (κ2) is 3.08. The van der Waals surface area contributed by atoms with E-state index < -0.39 is 0 Å². The number of ether oxygens (including phenoxy) is 1. The highest BCUT2D eigenvalue weighted by Gasteiger charge is 2.51. The summed E-state index contributed by atoms with van der Waals surface area (Å²) >= 11 is 0. The molecule has 0 amide bonds. The Morgan fingerprint density at radius 3 is 3.23 bits per heavy atom. The van der Waals surface area contributed by atoms with Crippen molar-refractivity contribution in [1.29, 1.82) is 0 Å². The van der Waals surface area contributed by atoms with Crippen LogP contribution in [0.2, 0.25) is 0 Å². The van der Waals surface area contributed by atoms with Gasteiger partial charge in [-0.25, -0.2) is 0 Å². The highest BCUT2D eigenvalue weighted by Crippen LogP contribution is 2.40. The molecule has 0 radical (unpaired) electrons. The molecule has 0 aromatic rings. The molecule has 2 aliphatic heterocycles. The fraction of sp³-hybridized carbons (Fsp3) is 0.800. The van der Waals surface area contributed by atoms with E-state index in [0.717, 1.165) is 25.9 Å². The third kappa shape index (κ3) is 1.23. The molecule has 2 aliphatic rings. The third-order valence-corrected chi connectivity index (χ3v) is 3.29. The van der Waals surface area contributed by atoms with Crippen molar-refractivity contribution in [2.75, 3.05) is 26.8 Å². The largest absolute Gasteiger partial charge is 0.391 e. The third-order valence-electron chi connectivity index (χ3n) is 3.29. The number of aliphatic hydroxyl groups excluding tert-OH is 1. The number of hydrogen-bond donors (Lipinski definition) is 1. The lowest BCUT2D eigenvalue weighted by atomic mass is 9.91. The monoisotopic (exact) mass is 183 g/mol. The molecule has 74 valence electrons. The van der Waals surface area contributed by atoms with Gasteiger partial charge >= 0.3 is 0 Å². The Balaban J connectivity index is 2.22. The van der Waals surface area contributed by atoms with Gasteiger partial charge in [0.15, 0.2) is 0 Å². The van der Waals surface area contributed by atoms with Crippen molar-refractivity contribution in [1.82, 2.24) is 4.90 Å². The second-order valence-electron chi connectivity index (χ2n) is 4.19. The standard InChI is InChI=1S/C10H17NO2/c1-8-5-10(7-13-2)9(12)3-4-11(10)6-8/h9,12H,1,3-7H2,2H3/t9-,10+/m1/s1. The summed E-state index contributed by atoms with van der Waals surface area (Å²) in [6, 6.07) is 0. The summed E-state index contributed by atoms with van der Waals surface area (Å²) in [6.45, 7) is 6.52. The van der Waals surface area contributed by atoms with Crippen LogP contribution in [0.1, 0.15) is 12.8 Å². The molecule has 2 heterocycles. The molecule has 2 fully saturated rings. The van der Waals surface area contributed by atoms with Crippen molar-refractivity contribution in [3.63, 3.8) is 0 Å². The summed E-state index contributed by atoms with van der Waals surface area (Å²) in [4.78, 5) is 2.31. The fourth-order valence-electron chi connectivity index (χ4n) is 2.69. The summed E-state index contributed by atoms with van der Waals surface area (Å²) in [6.07, 6.45) is 1.52. The van der Waals surface area contributed by atoms with Crippen molar-refractivity contribution >= 4 is 0 Å². The van der Waals surface area contributed by atoms with Gasteiger partial charge in [0.05, 0.1) is 18.2 Å². The molecule has 1 N–H and O–H groups in total. The van der Waals surface area contributed by atoms with Gasteiger partial charge in [-0.2, -0.15) is 0 Å². The van der Waals surface area contributed by atoms with Crippen molar-refractivity contribution < 1.29 is 9.84 Å². The molecular weight excluding hydrogens is 166 g/mol. The van der Waals surface area contributed by atoms with Crippen LogP contribution in [0.4, 0.5) is 0 Å². The van der Waals surface area contributed by atoms with Gasteiger partial charge in [-0.05, 0) is 12.8 Å². The number of aliphatic hydroxyl groups is 1. The van der Waals surface area contributed by atoms with Crippen LogP contribution in [-0.2, 0) is 4.74 Å². The van der Waals surface area contributed by atoms with Gasteiger partial charge in [-0.3, -0.25) is 4.90 Å². The van der Waals surface area contributed by atoms with Crippen molar-refractivity contribution in [2.45, 2.75) is 24.5 Å². The summed E-state index contributed by atoms with van der Waals surface area (Å²) < 4.78 is 5.21. The first-order valence-electron chi connectivity index (χ1n) is 4.78. The van der Waals surface area contributed by atoms with E-state index in [1.165, 1.54) is 5.57 Å². The topological polar surface area (TPSA) is 32.7 Å². The Kier molecular flexibility index (Phi) is 2.18.